The third-order valence-electron chi connectivity index (χ3n) is 3.39. The van der Waals surface area contributed by atoms with Crippen molar-refractivity contribution in [1.82, 2.24) is 9.97 Å². The number of nitrogens with zero attached hydrogens (tertiary/aromatic N) is 2. The fourth-order valence-electron chi connectivity index (χ4n) is 2.38. The number of anilines is 1. The van der Waals surface area contributed by atoms with Crippen molar-refractivity contribution in [2.75, 3.05) is 11.9 Å². The Morgan fingerprint density at radius 3 is 2.62 bits per heavy atom. The molecule has 4 heteroatoms. The fourth-order valence-corrected chi connectivity index (χ4v) is 2.82. The van der Waals surface area contributed by atoms with E-state index >= 15 is 0 Å². The van der Waals surface area contributed by atoms with Crippen molar-refractivity contribution in [2.24, 2.45) is 0 Å². The molecular weight excluding hydrogens is 373 g/mol. The number of hydrogen-bond donors (Lipinski definition) is 1. The first-order valence-corrected chi connectivity index (χ1v) is 8.04. The average Bonchev–Trinajstić information content (AvgIpc) is 2.51. The van der Waals surface area contributed by atoms with Gasteiger partial charge in [-0.25, -0.2) is 9.97 Å². The summed E-state index contributed by atoms with van der Waals surface area (Å²) in [7, 11) is 0. The van der Waals surface area contributed by atoms with Gasteiger partial charge in [0.05, 0.1) is 9.26 Å². The largest absolute Gasteiger partial charge is 0.369 e. The van der Waals surface area contributed by atoms with E-state index in [1.807, 2.05) is 6.92 Å². The van der Waals surface area contributed by atoms with Crippen LogP contribution in [0.15, 0.2) is 42.5 Å². The lowest BCUT2D eigenvalue weighted by Crippen LogP contribution is -2.06. The quantitative estimate of drug-likeness (QED) is 0.664. The minimum absolute atomic E-state index is 0.778. The van der Waals surface area contributed by atoms with Crippen LogP contribution in [0.1, 0.15) is 12.6 Å². The zero-order valence-electron chi connectivity index (χ0n) is 12.0. The van der Waals surface area contributed by atoms with Gasteiger partial charge in [-0.05, 0) is 47.2 Å². The molecule has 0 aliphatic rings. The first kappa shape index (κ1) is 14.3. The molecule has 3 aromatic rings. The number of benzene rings is 2. The zero-order valence-corrected chi connectivity index (χ0v) is 14.2. The normalized spacial score (nSPS) is 10.8. The summed E-state index contributed by atoms with van der Waals surface area (Å²) < 4.78 is 1.08. The Kier molecular flexibility index (Phi) is 4.05. The van der Waals surface area contributed by atoms with Gasteiger partial charge in [-0.3, -0.25) is 0 Å². The number of nitrogens with one attached hydrogen (secondary N) is 1. The molecule has 1 N–H and O–H groups in total. The fraction of sp³-hybridized carbons (Fsp3) is 0.176. The highest BCUT2D eigenvalue weighted by molar-refractivity contribution is 14.1. The zero-order chi connectivity index (χ0) is 14.8. The lowest BCUT2D eigenvalue weighted by Gasteiger charge is -2.11. The average molecular weight is 389 g/mol. The van der Waals surface area contributed by atoms with E-state index < -0.39 is 0 Å². The van der Waals surface area contributed by atoms with Crippen molar-refractivity contribution >= 4 is 39.2 Å². The van der Waals surface area contributed by atoms with Gasteiger partial charge in [0.1, 0.15) is 5.82 Å². The second-order valence-corrected chi connectivity index (χ2v) is 5.93. The van der Waals surface area contributed by atoms with Crippen LogP contribution in [0.2, 0.25) is 0 Å². The lowest BCUT2D eigenvalue weighted by atomic mass is 10.0. The summed E-state index contributed by atoms with van der Waals surface area (Å²) in [6, 6.07) is 14.6. The molecule has 0 spiro atoms. The van der Waals surface area contributed by atoms with Crippen molar-refractivity contribution < 1.29 is 0 Å². The molecule has 0 aliphatic heterocycles. The smallest absolute Gasteiger partial charge is 0.162 e. The second-order valence-electron chi connectivity index (χ2n) is 4.85. The summed E-state index contributed by atoms with van der Waals surface area (Å²) in [5.74, 6) is 1.69. The van der Waals surface area contributed by atoms with Crippen molar-refractivity contribution in [3.63, 3.8) is 0 Å². The van der Waals surface area contributed by atoms with Gasteiger partial charge in [0, 0.05) is 12.1 Å². The van der Waals surface area contributed by atoms with Crippen molar-refractivity contribution in [3.8, 4) is 11.4 Å². The van der Waals surface area contributed by atoms with Gasteiger partial charge in [-0.15, -0.1) is 0 Å². The molecule has 0 amide bonds. The molecular formula is C17H16IN3. The molecule has 106 valence electrons. The summed E-state index contributed by atoms with van der Waals surface area (Å²) in [6.45, 7) is 4.95. The molecule has 0 saturated heterocycles. The standard InChI is InChI=1S/C17H16IN3/c1-3-19-17-15(18)11(2)20-16(21-17)14-10-6-8-12-7-4-5-9-13(12)14/h4-10H,3H2,1-2H3,(H,19,20,21). The number of halogens is 1. The Bertz CT molecular complexity index is 794. The van der Waals surface area contributed by atoms with Crippen LogP contribution in [-0.4, -0.2) is 16.5 Å². The van der Waals surface area contributed by atoms with Crippen LogP contribution in [0.25, 0.3) is 22.2 Å². The number of hydrogen-bond acceptors (Lipinski definition) is 3. The van der Waals surface area contributed by atoms with E-state index in [-0.39, 0.29) is 0 Å². The second kappa shape index (κ2) is 5.97. The molecule has 21 heavy (non-hydrogen) atoms. The van der Waals surface area contributed by atoms with Crippen LogP contribution in [0, 0.1) is 10.5 Å². The molecule has 3 nitrogen and oxygen atoms in total. The Morgan fingerprint density at radius 2 is 1.81 bits per heavy atom. The topological polar surface area (TPSA) is 37.8 Å². The summed E-state index contributed by atoms with van der Waals surface area (Å²) in [4.78, 5) is 9.39. The molecule has 1 aromatic heterocycles. The highest BCUT2D eigenvalue weighted by Crippen LogP contribution is 2.29. The SMILES string of the molecule is CCNc1nc(-c2cccc3ccccc23)nc(C)c1I. The van der Waals surface area contributed by atoms with Crippen LogP contribution in [-0.2, 0) is 0 Å². The molecule has 0 saturated carbocycles. The van der Waals surface area contributed by atoms with Gasteiger partial charge in [0.2, 0.25) is 0 Å². The minimum Gasteiger partial charge on any atom is -0.369 e. The highest BCUT2D eigenvalue weighted by Gasteiger charge is 2.12. The van der Waals surface area contributed by atoms with Gasteiger partial charge in [0.15, 0.2) is 5.82 Å². The predicted molar refractivity (Wildman–Crippen MR) is 96.6 cm³/mol. The minimum atomic E-state index is 0.778. The summed E-state index contributed by atoms with van der Waals surface area (Å²) in [5, 5.41) is 5.71. The molecule has 1 heterocycles. The maximum atomic E-state index is 4.71. The van der Waals surface area contributed by atoms with E-state index in [0.717, 1.165) is 33.0 Å². The lowest BCUT2D eigenvalue weighted by molar-refractivity contribution is 1.06. The van der Waals surface area contributed by atoms with E-state index in [4.69, 9.17) is 4.98 Å². The van der Waals surface area contributed by atoms with E-state index in [1.54, 1.807) is 0 Å². The first-order chi connectivity index (χ1) is 10.2. The Hall–Kier alpha value is -1.69. The molecule has 0 aliphatic carbocycles. The van der Waals surface area contributed by atoms with Crippen molar-refractivity contribution in [3.05, 3.63) is 51.7 Å². The maximum absolute atomic E-state index is 4.71. The highest BCUT2D eigenvalue weighted by atomic mass is 127. The Balaban J connectivity index is 2.23. The predicted octanol–water partition coefficient (Wildman–Crippen LogP) is 4.64. The van der Waals surface area contributed by atoms with Crippen molar-refractivity contribution in [1.29, 1.82) is 0 Å². The van der Waals surface area contributed by atoms with Crippen LogP contribution in [0.3, 0.4) is 0 Å². The molecule has 0 unspecified atom stereocenters. The van der Waals surface area contributed by atoms with Gasteiger partial charge in [-0.2, -0.15) is 0 Å². The number of fused-ring (bicyclic) bond motifs is 1. The first-order valence-electron chi connectivity index (χ1n) is 6.97. The van der Waals surface area contributed by atoms with E-state index in [0.29, 0.717) is 0 Å². The monoisotopic (exact) mass is 389 g/mol. The maximum Gasteiger partial charge on any atom is 0.162 e. The number of aryl methyl sites for hydroxylation is 1. The Labute approximate surface area is 138 Å². The molecule has 0 fully saturated rings. The van der Waals surface area contributed by atoms with E-state index in [1.165, 1.54) is 10.8 Å². The third kappa shape index (κ3) is 2.72. The van der Waals surface area contributed by atoms with E-state index in [9.17, 15) is 0 Å². The van der Waals surface area contributed by atoms with Crippen LogP contribution in [0.4, 0.5) is 5.82 Å². The summed E-state index contributed by atoms with van der Waals surface area (Å²) >= 11 is 2.29. The summed E-state index contributed by atoms with van der Waals surface area (Å²) in [6.07, 6.45) is 0. The molecule has 0 bridgehead atoms. The van der Waals surface area contributed by atoms with Gasteiger partial charge >= 0.3 is 0 Å². The van der Waals surface area contributed by atoms with Gasteiger partial charge in [-0.1, -0.05) is 42.5 Å². The Morgan fingerprint density at radius 1 is 1.05 bits per heavy atom. The molecule has 3 rings (SSSR count). The molecule has 2 aromatic carbocycles. The number of rotatable bonds is 3. The van der Waals surface area contributed by atoms with Crippen LogP contribution < -0.4 is 5.32 Å². The van der Waals surface area contributed by atoms with E-state index in [2.05, 4.69) is 82.3 Å². The third-order valence-corrected chi connectivity index (χ3v) is 4.68. The van der Waals surface area contributed by atoms with Crippen LogP contribution in [0.5, 0.6) is 0 Å². The van der Waals surface area contributed by atoms with Gasteiger partial charge < -0.3 is 5.32 Å². The molecule has 0 radical (unpaired) electrons. The summed E-state index contributed by atoms with van der Waals surface area (Å²) in [5.41, 5.74) is 2.08. The molecule has 0 atom stereocenters. The van der Waals surface area contributed by atoms with Crippen molar-refractivity contribution in [2.45, 2.75) is 13.8 Å². The number of aromatic nitrogens is 2. The van der Waals surface area contributed by atoms with Crippen LogP contribution >= 0.6 is 22.6 Å². The van der Waals surface area contributed by atoms with Gasteiger partial charge in [0.25, 0.3) is 0 Å².